The Labute approximate surface area is 155 Å². The maximum atomic E-state index is 12.4. The van der Waals surface area contributed by atoms with Gasteiger partial charge in [-0.1, -0.05) is 0 Å². The Morgan fingerprint density at radius 3 is 2.70 bits per heavy atom. The SMILES string of the molecule is O=C(c1ccco1)N1CCN(c2ncnc(NCC3CC3)c2[N+](=O)[O-])CC1. The molecule has 0 unspecified atom stereocenters. The van der Waals surface area contributed by atoms with Crippen molar-refractivity contribution < 1.29 is 14.1 Å². The van der Waals surface area contributed by atoms with Gasteiger partial charge in [-0.25, -0.2) is 9.97 Å². The van der Waals surface area contributed by atoms with Crippen LogP contribution in [0, 0.1) is 16.0 Å². The molecule has 2 aromatic rings. The van der Waals surface area contributed by atoms with Gasteiger partial charge in [-0.05, 0) is 30.9 Å². The first-order valence-electron chi connectivity index (χ1n) is 8.94. The Balaban J connectivity index is 1.47. The average molecular weight is 372 g/mol. The minimum atomic E-state index is -0.440. The molecule has 10 heteroatoms. The highest BCUT2D eigenvalue weighted by atomic mass is 16.6. The monoisotopic (exact) mass is 372 g/mol. The van der Waals surface area contributed by atoms with Gasteiger partial charge >= 0.3 is 5.69 Å². The van der Waals surface area contributed by atoms with Crippen LogP contribution in [0.25, 0.3) is 0 Å². The fraction of sp³-hybridized carbons (Fsp3) is 0.471. The lowest BCUT2D eigenvalue weighted by atomic mass is 10.2. The number of carbonyl (C=O) groups is 1. The zero-order valence-corrected chi connectivity index (χ0v) is 14.7. The normalized spacial score (nSPS) is 17.0. The number of nitrogens with one attached hydrogen (secondary N) is 1. The van der Waals surface area contributed by atoms with E-state index in [1.807, 2.05) is 4.90 Å². The number of carbonyl (C=O) groups excluding carboxylic acids is 1. The molecule has 2 fully saturated rings. The standard InChI is InChI=1S/C17H20N6O4/c24-17(13-2-1-9-27-13)22-7-5-21(6-8-22)16-14(23(25)26)15(19-11-20-16)18-10-12-3-4-12/h1-2,9,11-12H,3-8,10H2,(H,18,19,20). The van der Waals surface area contributed by atoms with Gasteiger partial charge in [-0.15, -0.1) is 0 Å². The third-order valence-corrected chi connectivity index (χ3v) is 4.84. The molecule has 3 heterocycles. The van der Waals surface area contributed by atoms with Gasteiger partial charge in [-0.3, -0.25) is 14.9 Å². The lowest BCUT2D eigenvalue weighted by Crippen LogP contribution is -2.49. The van der Waals surface area contributed by atoms with E-state index in [-0.39, 0.29) is 17.4 Å². The molecular weight excluding hydrogens is 352 g/mol. The van der Waals surface area contributed by atoms with Crippen molar-refractivity contribution in [1.29, 1.82) is 0 Å². The number of hydrogen-bond acceptors (Lipinski definition) is 8. The number of nitrogens with zero attached hydrogens (tertiary/aromatic N) is 5. The summed E-state index contributed by atoms with van der Waals surface area (Å²) in [5.74, 6) is 1.23. The zero-order chi connectivity index (χ0) is 18.8. The van der Waals surface area contributed by atoms with E-state index in [4.69, 9.17) is 4.42 Å². The van der Waals surface area contributed by atoms with E-state index < -0.39 is 4.92 Å². The van der Waals surface area contributed by atoms with Gasteiger partial charge in [0.2, 0.25) is 11.6 Å². The zero-order valence-electron chi connectivity index (χ0n) is 14.7. The summed E-state index contributed by atoms with van der Waals surface area (Å²) in [5.41, 5.74) is -0.107. The molecule has 2 aromatic heterocycles. The molecule has 1 aliphatic carbocycles. The van der Waals surface area contributed by atoms with Crippen LogP contribution in [0.2, 0.25) is 0 Å². The second kappa shape index (κ2) is 7.22. The molecule has 0 radical (unpaired) electrons. The quantitative estimate of drug-likeness (QED) is 0.602. The first-order chi connectivity index (χ1) is 13.1. The first kappa shape index (κ1) is 17.3. The maximum Gasteiger partial charge on any atom is 0.353 e. The molecule has 1 amide bonds. The summed E-state index contributed by atoms with van der Waals surface area (Å²) >= 11 is 0. The summed E-state index contributed by atoms with van der Waals surface area (Å²) in [5, 5.41) is 14.7. The number of aromatic nitrogens is 2. The number of piperazine rings is 1. The highest BCUT2D eigenvalue weighted by molar-refractivity contribution is 5.91. The summed E-state index contributed by atoms with van der Waals surface area (Å²) in [6.07, 6.45) is 5.09. The topological polar surface area (TPSA) is 118 Å². The van der Waals surface area contributed by atoms with Gasteiger partial charge in [0, 0.05) is 32.7 Å². The summed E-state index contributed by atoms with van der Waals surface area (Å²) in [4.78, 5) is 35.3. The summed E-state index contributed by atoms with van der Waals surface area (Å²) in [7, 11) is 0. The Bertz CT molecular complexity index is 828. The molecule has 0 aromatic carbocycles. The van der Waals surface area contributed by atoms with Crippen molar-refractivity contribution in [3.63, 3.8) is 0 Å². The molecule has 10 nitrogen and oxygen atoms in total. The minimum absolute atomic E-state index is 0.107. The van der Waals surface area contributed by atoms with E-state index in [0.29, 0.717) is 50.2 Å². The summed E-state index contributed by atoms with van der Waals surface area (Å²) in [6.45, 7) is 2.46. The Morgan fingerprint density at radius 2 is 2.07 bits per heavy atom. The highest BCUT2D eigenvalue weighted by Crippen LogP contribution is 2.34. The molecule has 4 rings (SSSR count). The van der Waals surface area contributed by atoms with Crippen LogP contribution in [0.5, 0.6) is 0 Å². The van der Waals surface area contributed by atoms with Crippen molar-refractivity contribution in [3.8, 4) is 0 Å². The van der Waals surface area contributed by atoms with Crippen LogP contribution >= 0.6 is 0 Å². The largest absolute Gasteiger partial charge is 0.459 e. The van der Waals surface area contributed by atoms with Crippen LogP contribution in [0.15, 0.2) is 29.1 Å². The molecule has 27 heavy (non-hydrogen) atoms. The van der Waals surface area contributed by atoms with Crippen LogP contribution in [0.4, 0.5) is 17.3 Å². The molecule has 1 N–H and O–H groups in total. The fourth-order valence-corrected chi connectivity index (χ4v) is 3.14. The lowest BCUT2D eigenvalue weighted by Gasteiger charge is -2.34. The highest BCUT2D eigenvalue weighted by Gasteiger charge is 2.31. The van der Waals surface area contributed by atoms with E-state index in [1.54, 1.807) is 17.0 Å². The second-order valence-electron chi connectivity index (χ2n) is 6.73. The predicted octanol–water partition coefficient (Wildman–Crippen LogP) is 1.76. The molecule has 1 saturated heterocycles. The molecule has 1 saturated carbocycles. The van der Waals surface area contributed by atoms with Gasteiger partial charge < -0.3 is 19.5 Å². The molecule has 142 valence electrons. The third-order valence-electron chi connectivity index (χ3n) is 4.84. The van der Waals surface area contributed by atoms with Crippen molar-refractivity contribution >= 4 is 23.2 Å². The molecule has 0 spiro atoms. The lowest BCUT2D eigenvalue weighted by molar-refractivity contribution is -0.383. The first-order valence-corrected chi connectivity index (χ1v) is 8.94. The minimum Gasteiger partial charge on any atom is -0.459 e. The Kier molecular flexibility index (Phi) is 4.61. The molecule has 2 aliphatic rings. The van der Waals surface area contributed by atoms with Gasteiger partial charge in [0.25, 0.3) is 5.91 Å². The fourth-order valence-electron chi connectivity index (χ4n) is 3.14. The number of nitro groups is 1. The molecule has 0 bridgehead atoms. The average Bonchev–Trinajstić information content (AvgIpc) is 3.36. The number of rotatable bonds is 6. The summed E-state index contributed by atoms with van der Waals surface area (Å²) < 4.78 is 5.15. The second-order valence-corrected chi connectivity index (χ2v) is 6.73. The van der Waals surface area contributed by atoms with E-state index in [2.05, 4.69) is 15.3 Å². The van der Waals surface area contributed by atoms with Crippen LogP contribution in [0.3, 0.4) is 0 Å². The van der Waals surface area contributed by atoms with Crippen LogP contribution in [-0.2, 0) is 0 Å². The van der Waals surface area contributed by atoms with Crippen molar-refractivity contribution in [2.24, 2.45) is 5.92 Å². The maximum absolute atomic E-state index is 12.4. The summed E-state index contributed by atoms with van der Waals surface area (Å²) in [6, 6.07) is 3.30. The van der Waals surface area contributed by atoms with Gasteiger partial charge in [0.1, 0.15) is 6.33 Å². The van der Waals surface area contributed by atoms with Crippen molar-refractivity contribution in [1.82, 2.24) is 14.9 Å². The molecule has 0 atom stereocenters. The Hall–Kier alpha value is -3.17. The van der Waals surface area contributed by atoms with E-state index in [9.17, 15) is 14.9 Å². The van der Waals surface area contributed by atoms with Crippen LogP contribution < -0.4 is 10.2 Å². The van der Waals surface area contributed by atoms with E-state index in [0.717, 1.165) is 12.8 Å². The number of anilines is 2. The third kappa shape index (κ3) is 3.69. The van der Waals surface area contributed by atoms with Crippen LogP contribution in [-0.4, -0.2) is 58.4 Å². The van der Waals surface area contributed by atoms with Crippen molar-refractivity contribution in [3.05, 3.63) is 40.6 Å². The molecule has 1 aliphatic heterocycles. The predicted molar refractivity (Wildman–Crippen MR) is 96.7 cm³/mol. The van der Waals surface area contributed by atoms with Gasteiger partial charge in [0.05, 0.1) is 11.2 Å². The van der Waals surface area contributed by atoms with Crippen molar-refractivity contribution in [2.45, 2.75) is 12.8 Å². The molecular formula is C17H20N6O4. The van der Waals surface area contributed by atoms with Gasteiger partial charge in [-0.2, -0.15) is 0 Å². The number of furan rings is 1. The van der Waals surface area contributed by atoms with Gasteiger partial charge in [0.15, 0.2) is 5.76 Å². The van der Waals surface area contributed by atoms with E-state index >= 15 is 0 Å². The van der Waals surface area contributed by atoms with E-state index in [1.165, 1.54) is 12.6 Å². The Morgan fingerprint density at radius 1 is 1.30 bits per heavy atom. The number of amides is 1. The van der Waals surface area contributed by atoms with Crippen molar-refractivity contribution in [2.75, 3.05) is 42.9 Å². The smallest absolute Gasteiger partial charge is 0.353 e. The number of hydrogen-bond donors (Lipinski definition) is 1. The van der Waals surface area contributed by atoms with Crippen LogP contribution in [0.1, 0.15) is 23.4 Å².